The predicted molar refractivity (Wildman–Crippen MR) is 133 cm³/mol. The lowest BCUT2D eigenvalue weighted by Crippen LogP contribution is -2.23. The molecule has 5 nitrogen and oxygen atoms in total. The van der Waals surface area contributed by atoms with Gasteiger partial charge in [-0.1, -0.05) is 30.3 Å². The lowest BCUT2D eigenvalue weighted by atomic mass is 10.1. The highest BCUT2D eigenvalue weighted by Gasteiger charge is 2.13. The van der Waals surface area contributed by atoms with Crippen molar-refractivity contribution in [2.24, 2.45) is 0 Å². The Kier molecular flexibility index (Phi) is 7.08. The van der Waals surface area contributed by atoms with Crippen molar-refractivity contribution in [1.82, 2.24) is 9.55 Å². The van der Waals surface area contributed by atoms with Gasteiger partial charge < -0.3 is 9.47 Å². The van der Waals surface area contributed by atoms with Crippen LogP contribution in [0.25, 0.3) is 22.3 Å². The molecule has 0 aliphatic rings. The molecule has 0 radical (unpaired) electrons. The second kappa shape index (κ2) is 10.3. The molecule has 0 amide bonds. The van der Waals surface area contributed by atoms with Crippen LogP contribution in [-0.4, -0.2) is 23.3 Å². The molecule has 0 atom stereocenters. The lowest BCUT2D eigenvalue weighted by molar-refractivity contribution is 0.300. The van der Waals surface area contributed by atoms with Crippen molar-refractivity contribution in [3.63, 3.8) is 0 Å². The summed E-state index contributed by atoms with van der Waals surface area (Å²) in [4.78, 5) is 18.1. The van der Waals surface area contributed by atoms with Crippen LogP contribution in [0.2, 0.25) is 0 Å². The molecule has 0 bridgehead atoms. The van der Waals surface area contributed by atoms with Crippen LogP contribution in [0.5, 0.6) is 11.5 Å². The van der Waals surface area contributed by atoms with E-state index < -0.39 is 0 Å². The van der Waals surface area contributed by atoms with E-state index in [1.807, 2.05) is 54.6 Å². The zero-order chi connectivity index (χ0) is 23.2. The smallest absolute Gasteiger partial charge is 0.261 e. The third kappa shape index (κ3) is 5.08. The first-order valence-corrected chi connectivity index (χ1v) is 11.4. The number of hydrogen-bond donors (Lipinski definition) is 0. The molecule has 3 aromatic carbocycles. The summed E-state index contributed by atoms with van der Waals surface area (Å²) >= 11 is 0. The number of para-hydroxylation sites is 2. The Labute approximate surface area is 194 Å². The van der Waals surface area contributed by atoms with Crippen molar-refractivity contribution in [3.8, 4) is 22.9 Å². The molecule has 5 heteroatoms. The molecule has 33 heavy (non-hydrogen) atoms. The lowest BCUT2D eigenvalue weighted by Gasteiger charge is -2.15. The second-order valence-electron chi connectivity index (χ2n) is 8.27. The van der Waals surface area contributed by atoms with Gasteiger partial charge in [0.25, 0.3) is 5.56 Å². The molecule has 0 N–H and O–H groups in total. The average molecular weight is 443 g/mol. The first-order chi connectivity index (χ1) is 16.1. The van der Waals surface area contributed by atoms with E-state index in [1.54, 1.807) is 11.7 Å². The summed E-state index contributed by atoms with van der Waals surface area (Å²) in [5.41, 5.74) is 3.93. The van der Waals surface area contributed by atoms with Crippen LogP contribution in [0.1, 0.15) is 30.4 Å². The molecule has 0 unspecified atom stereocenters. The van der Waals surface area contributed by atoms with Gasteiger partial charge in [0, 0.05) is 12.1 Å². The monoisotopic (exact) mass is 442 g/mol. The van der Waals surface area contributed by atoms with Crippen molar-refractivity contribution >= 4 is 10.9 Å². The second-order valence-corrected chi connectivity index (χ2v) is 8.27. The van der Waals surface area contributed by atoms with E-state index >= 15 is 0 Å². The van der Waals surface area contributed by atoms with Gasteiger partial charge in [-0.25, -0.2) is 4.98 Å². The van der Waals surface area contributed by atoms with Gasteiger partial charge in [-0.15, -0.1) is 0 Å². The summed E-state index contributed by atoms with van der Waals surface area (Å²) in [6.07, 6.45) is 2.77. The molecular weight excluding hydrogens is 412 g/mol. The van der Waals surface area contributed by atoms with Gasteiger partial charge in [0.1, 0.15) is 17.3 Å². The highest BCUT2D eigenvalue weighted by Crippen LogP contribution is 2.24. The number of benzene rings is 3. The van der Waals surface area contributed by atoms with Crippen LogP contribution in [0.15, 0.2) is 71.5 Å². The largest absolute Gasteiger partial charge is 0.497 e. The van der Waals surface area contributed by atoms with E-state index in [2.05, 4.69) is 26.0 Å². The molecule has 0 spiro atoms. The number of aryl methyl sites for hydroxylation is 2. The zero-order valence-electron chi connectivity index (χ0n) is 19.5. The number of ether oxygens (including phenoxy) is 2. The van der Waals surface area contributed by atoms with Crippen LogP contribution >= 0.6 is 0 Å². The van der Waals surface area contributed by atoms with Gasteiger partial charge in [-0.05, 0) is 80.6 Å². The average Bonchev–Trinajstić information content (AvgIpc) is 2.84. The van der Waals surface area contributed by atoms with Gasteiger partial charge in [0.2, 0.25) is 0 Å². The minimum Gasteiger partial charge on any atom is -0.497 e. The van der Waals surface area contributed by atoms with Crippen LogP contribution in [-0.2, 0) is 6.54 Å². The molecule has 4 rings (SSSR count). The maximum Gasteiger partial charge on any atom is 0.261 e. The first-order valence-electron chi connectivity index (χ1n) is 11.4. The van der Waals surface area contributed by atoms with E-state index in [1.165, 1.54) is 0 Å². The molecule has 0 saturated heterocycles. The number of unbranched alkanes of at least 4 members (excludes halogenated alkanes) is 2. The quantitative estimate of drug-likeness (QED) is 0.301. The van der Waals surface area contributed by atoms with Gasteiger partial charge in [-0.3, -0.25) is 9.36 Å². The maximum absolute atomic E-state index is 13.3. The standard InChI is InChI=1S/C28H30N2O3/c1-20-10-9-11-21(2)26(20)33-19-8-4-7-18-30-27(22-14-16-23(32-3)17-15-22)29-25-13-6-5-12-24(25)28(30)31/h5-6,9-17H,4,7-8,18-19H2,1-3H3. The molecule has 1 heterocycles. The van der Waals surface area contributed by atoms with Crippen molar-refractivity contribution in [1.29, 1.82) is 0 Å². The molecule has 0 saturated carbocycles. The molecule has 4 aromatic rings. The minimum absolute atomic E-state index is 0.00166. The highest BCUT2D eigenvalue weighted by atomic mass is 16.5. The van der Waals surface area contributed by atoms with Crippen LogP contribution < -0.4 is 15.0 Å². The minimum atomic E-state index is -0.00166. The molecule has 0 fully saturated rings. The van der Waals surface area contributed by atoms with Crippen molar-refractivity contribution in [2.75, 3.05) is 13.7 Å². The fraction of sp³-hybridized carbons (Fsp3) is 0.286. The van der Waals surface area contributed by atoms with Crippen LogP contribution in [0.3, 0.4) is 0 Å². The van der Waals surface area contributed by atoms with E-state index in [-0.39, 0.29) is 5.56 Å². The van der Waals surface area contributed by atoms with Gasteiger partial charge >= 0.3 is 0 Å². The summed E-state index contributed by atoms with van der Waals surface area (Å²) in [7, 11) is 1.64. The number of fused-ring (bicyclic) bond motifs is 1. The van der Waals surface area contributed by atoms with E-state index in [9.17, 15) is 4.79 Å². The summed E-state index contributed by atoms with van der Waals surface area (Å²) in [5.74, 6) is 2.44. The Morgan fingerprint density at radius 2 is 1.58 bits per heavy atom. The van der Waals surface area contributed by atoms with Gasteiger partial charge in [-0.2, -0.15) is 0 Å². The van der Waals surface area contributed by atoms with E-state index in [0.717, 1.165) is 47.5 Å². The van der Waals surface area contributed by atoms with Crippen molar-refractivity contribution in [2.45, 2.75) is 39.7 Å². The van der Waals surface area contributed by atoms with Gasteiger partial charge in [0.15, 0.2) is 0 Å². The molecular formula is C28H30N2O3. The van der Waals surface area contributed by atoms with Gasteiger partial charge in [0.05, 0.1) is 24.6 Å². The topological polar surface area (TPSA) is 53.3 Å². The maximum atomic E-state index is 13.3. The molecule has 170 valence electrons. The Hall–Kier alpha value is -3.60. The number of hydrogen-bond acceptors (Lipinski definition) is 4. The fourth-order valence-corrected chi connectivity index (χ4v) is 4.09. The van der Waals surface area contributed by atoms with Crippen molar-refractivity contribution < 1.29 is 9.47 Å². The van der Waals surface area contributed by atoms with Crippen molar-refractivity contribution in [3.05, 3.63) is 88.2 Å². The number of rotatable bonds is 9. The third-order valence-electron chi connectivity index (χ3n) is 5.89. The summed E-state index contributed by atoms with van der Waals surface area (Å²) < 4.78 is 13.1. The third-order valence-corrected chi connectivity index (χ3v) is 5.89. The Morgan fingerprint density at radius 1 is 0.848 bits per heavy atom. The molecule has 0 aliphatic carbocycles. The highest BCUT2D eigenvalue weighted by molar-refractivity contribution is 5.79. The SMILES string of the molecule is COc1ccc(-c2nc3ccccc3c(=O)n2CCCCCOc2c(C)cccc2C)cc1. The summed E-state index contributed by atoms with van der Waals surface area (Å²) in [5, 5.41) is 0.646. The molecule has 0 aliphatic heterocycles. The normalized spacial score (nSPS) is 11.0. The Morgan fingerprint density at radius 3 is 2.30 bits per heavy atom. The zero-order valence-corrected chi connectivity index (χ0v) is 19.5. The van der Waals surface area contributed by atoms with E-state index in [4.69, 9.17) is 14.5 Å². The summed E-state index contributed by atoms with van der Waals surface area (Å²) in [6, 6.07) is 21.4. The fourth-order valence-electron chi connectivity index (χ4n) is 4.09. The molecule has 1 aromatic heterocycles. The van der Waals surface area contributed by atoms with Crippen LogP contribution in [0, 0.1) is 13.8 Å². The Balaban J connectivity index is 1.48. The van der Waals surface area contributed by atoms with Crippen LogP contribution in [0.4, 0.5) is 0 Å². The first kappa shape index (κ1) is 22.6. The predicted octanol–water partition coefficient (Wildman–Crippen LogP) is 5.94. The Bertz CT molecular complexity index is 1270. The number of methoxy groups -OCH3 is 1. The summed E-state index contributed by atoms with van der Waals surface area (Å²) in [6.45, 7) is 5.42. The number of aromatic nitrogens is 2. The van der Waals surface area contributed by atoms with E-state index in [0.29, 0.717) is 29.9 Å². The number of nitrogens with zero attached hydrogens (tertiary/aromatic N) is 2.